The van der Waals surface area contributed by atoms with Crippen LogP contribution in [-0.4, -0.2) is 58.4 Å². The molecule has 0 fully saturated rings. The minimum Gasteiger partial charge on any atom is -0.506 e. The number of H-pyrrole nitrogens is 1. The fraction of sp³-hybridized carbons (Fsp3) is 0.478. The van der Waals surface area contributed by atoms with Gasteiger partial charge in [0.15, 0.2) is 0 Å². The first-order valence-corrected chi connectivity index (χ1v) is 11.9. The number of rotatable bonds is 10. The van der Waals surface area contributed by atoms with E-state index in [0.717, 1.165) is 12.1 Å². The van der Waals surface area contributed by atoms with Crippen LogP contribution < -0.4 is 16.0 Å². The number of benzene rings is 1. The Bertz CT molecular complexity index is 1050. The van der Waals surface area contributed by atoms with Crippen molar-refractivity contribution < 1.29 is 24.2 Å². The van der Waals surface area contributed by atoms with Gasteiger partial charge in [-0.05, 0) is 51.8 Å². The van der Waals surface area contributed by atoms with E-state index >= 15 is 0 Å². The zero-order chi connectivity index (χ0) is 26.2. The number of aromatic hydroxyl groups is 1. The fourth-order valence-electron chi connectivity index (χ4n) is 3.16. The number of aromatic amines is 1. The lowest BCUT2D eigenvalue weighted by atomic mass is 9.97. The highest BCUT2D eigenvalue weighted by Gasteiger charge is 2.18. The predicted molar refractivity (Wildman–Crippen MR) is 134 cm³/mol. The van der Waals surface area contributed by atoms with Crippen LogP contribution in [0, 0.1) is 0 Å². The summed E-state index contributed by atoms with van der Waals surface area (Å²) in [5, 5.41) is 24.8. The standard InChI is InChI=1S/C23H31Cl2N5O5/c1-5-13(15-10-16(30-29-15)14-6-7-17(31)21(25)20(14)24)8-9-26-18(32)11-27-19(33)12-28-22(34)35-23(2,3)4/h6-7,10,13,31H,5,8-9,11-12H2,1-4H3,(H,26,32)(H,27,33)(H,28,34)(H,29,30). The molecule has 1 atom stereocenters. The molecule has 1 aromatic carbocycles. The second-order valence-electron chi connectivity index (χ2n) is 8.84. The number of nitrogens with one attached hydrogen (secondary N) is 4. The molecular formula is C23H31Cl2N5O5. The molecule has 0 saturated carbocycles. The Labute approximate surface area is 214 Å². The number of alkyl carbamates (subject to hydrolysis) is 1. The molecule has 0 spiro atoms. The van der Waals surface area contributed by atoms with Crippen molar-refractivity contribution in [3.63, 3.8) is 0 Å². The molecule has 0 radical (unpaired) electrons. The lowest BCUT2D eigenvalue weighted by molar-refractivity contribution is -0.125. The smallest absolute Gasteiger partial charge is 0.408 e. The molecule has 35 heavy (non-hydrogen) atoms. The van der Waals surface area contributed by atoms with Gasteiger partial charge in [-0.2, -0.15) is 5.10 Å². The highest BCUT2D eigenvalue weighted by Crippen LogP contribution is 2.39. The van der Waals surface area contributed by atoms with Gasteiger partial charge in [0, 0.05) is 23.7 Å². The number of aromatic nitrogens is 2. The summed E-state index contributed by atoms with van der Waals surface area (Å²) in [6.45, 7) is 7.06. The molecule has 2 aromatic rings. The summed E-state index contributed by atoms with van der Waals surface area (Å²) in [5.41, 5.74) is 1.40. The number of carbonyl (C=O) groups excluding carboxylic acids is 3. The molecular weight excluding hydrogens is 497 g/mol. The van der Waals surface area contributed by atoms with E-state index < -0.39 is 17.6 Å². The molecule has 0 aliphatic heterocycles. The average Bonchev–Trinajstić information content (AvgIpc) is 3.26. The third kappa shape index (κ3) is 8.95. The fourth-order valence-corrected chi connectivity index (χ4v) is 3.58. The molecule has 0 aliphatic carbocycles. The predicted octanol–water partition coefficient (Wildman–Crippen LogP) is 3.73. The third-order valence-electron chi connectivity index (χ3n) is 4.92. The molecule has 1 heterocycles. The number of phenols is 1. The number of halogens is 2. The Balaban J connectivity index is 1.78. The number of carbonyl (C=O) groups is 3. The summed E-state index contributed by atoms with van der Waals surface area (Å²) >= 11 is 12.3. The SMILES string of the molecule is CCC(CCNC(=O)CNC(=O)CNC(=O)OC(C)(C)C)c1cc(-c2ccc(O)c(Cl)c2Cl)n[nH]1. The number of hydrogen-bond donors (Lipinski definition) is 5. The van der Waals surface area contributed by atoms with Crippen molar-refractivity contribution >= 4 is 41.1 Å². The van der Waals surface area contributed by atoms with Crippen molar-refractivity contribution in [2.75, 3.05) is 19.6 Å². The topological polar surface area (TPSA) is 145 Å². The molecule has 1 aromatic heterocycles. The third-order valence-corrected chi connectivity index (χ3v) is 5.79. The summed E-state index contributed by atoms with van der Waals surface area (Å²) in [4.78, 5) is 35.4. The van der Waals surface area contributed by atoms with E-state index in [1.807, 2.05) is 13.0 Å². The summed E-state index contributed by atoms with van der Waals surface area (Å²) in [5.74, 6) is -0.860. The summed E-state index contributed by atoms with van der Waals surface area (Å²) < 4.78 is 5.04. The summed E-state index contributed by atoms with van der Waals surface area (Å²) in [6, 6.07) is 4.96. The van der Waals surface area contributed by atoms with Gasteiger partial charge in [-0.15, -0.1) is 0 Å². The molecule has 3 amide bonds. The van der Waals surface area contributed by atoms with Crippen molar-refractivity contribution in [3.8, 4) is 17.0 Å². The van der Waals surface area contributed by atoms with E-state index in [2.05, 4.69) is 26.1 Å². The van der Waals surface area contributed by atoms with E-state index in [4.69, 9.17) is 27.9 Å². The Kier molecular flexibility index (Phi) is 10.2. The number of phenolic OH excluding ortho intramolecular Hbond substituents is 1. The second-order valence-corrected chi connectivity index (χ2v) is 9.60. The van der Waals surface area contributed by atoms with Crippen molar-refractivity contribution in [2.24, 2.45) is 0 Å². The molecule has 12 heteroatoms. The van der Waals surface area contributed by atoms with Crippen LogP contribution in [0.15, 0.2) is 18.2 Å². The van der Waals surface area contributed by atoms with Crippen LogP contribution in [0.4, 0.5) is 4.79 Å². The highest BCUT2D eigenvalue weighted by atomic mass is 35.5. The zero-order valence-corrected chi connectivity index (χ0v) is 21.6. The van der Waals surface area contributed by atoms with E-state index in [1.165, 1.54) is 6.07 Å². The summed E-state index contributed by atoms with van der Waals surface area (Å²) in [6.07, 6.45) is 0.733. The minimum absolute atomic E-state index is 0.0659. The van der Waals surface area contributed by atoms with Gasteiger partial charge in [-0.25, -0.2) is 4.79 Å². The van der Waals surface area contributed by atoms with E-state index in [9.17, 15) is 19.5 Å². The van der Waals surface area contributed by atoms with Gasteiger partial charge in [-0.3, -0.25) is 14.7 Å². The van der Waals surface area contributed by atoms with Gasteiger partial charge in [0.2, 0.25) is 11.8 Å². The second kappa shape index (κ2) is 12.6. The van der Waals surface area contributed by atoms with Crippen LogP contribution in [0.3, 0.4) is 0 Å². The maximum absolute atomic E-state index is 12.1. The van der Waals surface area contributed by atoms with E-state index in [-0.39, 0.29) is 40.7 Å². The van der Waals surface area contributed by atoms with Gasteiger partial charge in [0.25, 0.3) is 0 Å². The first-order chi connectivity index (χ1) is 16.4. The van der Waals surface area contributed by atoms with Crippen LogP contribution in [0.25, 0.3) is 11.3 Å². The van der Waals surface area contributed by atoms with Gasteiger partial charge in [-0.1, -0.05) is 30.1 Å². The lowest BCUT2D eigenvalue weighted by Crippen LogP contribution is -2.43. The highest BCUT2D eigenvalue weighted by molar-refractivity contribution is 6.44. The van der Waals surface area contributed by atoms with Gasteiger partial charge in [0.1, 0.15) is 22.9 Å². The maximum atomic E-state index is 12.1. The molecule has 0 bridgehead atoms. The first-order valence-electron chi connectivity index (χ1n) is 11.1. The van der Waals surface area contributed by atoms with E-state index in [1.54, 1.807) is 26.8 Å². The molecule has 10 nitrogen and oxygen atoms in total. The average molecular weight is 528 g/mol. The van der Waals surface area contributed by atoms with Gasteiger partial charge < -0.3 is 25.8 Å². The Morgan fingerprint density at radius 2 is 1.74 bits per heavy atom. The quantitative estimate of drug-likeness (QED) is 0.318. The van der Waals surface area contributed by atoms with Gasteiger partial charge in [0.05, 0.1) is 17.3 Å². The van der Waals surface area contributed by atoms with Crippen LogP contribution in [0.5, 0.6) is 5.75 Å². The molecule has 192 valence electrons. The van der Waals surface area contributed by atoms with Crippen LogP contribution >= 0.6 is 23.2 Å². The normalized spacial score (nSPS) is 12.1. The molecule has 2 rings (SSSR count). The number of nitrogens with zero attached hydrogens (tertiary/aromatic N) is 1. The Hall–Kier alpha value is -2.98. The Morgan fingerprint density at radius 3 is 2.40 bits per heavy atom. The van der Waals surface area contributed by atoms with Crippen molar-refractivity contribution in [1.29, 1.82) is 0 Å². The largest absolute Gasteiger partial charge is 0.506 e. The monoisotopic (exact) mass is 527 g/mol. The van der Waals surface area contributed by atoms with Crippen LogP contribution in [0.2, 0.25) is 10.0 Å². The van der Waals surface area contributed by atoms with Crippen LogP contribution in [0.1, 0.15) is 52.1 Å². The number of ether oxygens (including phenoxy) is 1. The number of amides is 3. The van der Waals surface area contributed by atoms with Crippen molar-refractivity contribution in [3.05, 3.63) is 33.9 Å². The Morgan fingerprint density at radius 1 is 1.09 bits per heavy atom. The zero-order valence-electron chi connectivity index (χ0n) is 20.1. The molecule has 0 aliphatic rings. The molecule has 5 N–H and O–H groups in total. The minimum atomic E-state index is -0.708. The van der Waals surface area contributed by atoms with E-state index in [0.29, 0.717) is 24.2 Å². The lowest BCUT2D eigenvalue weighted by Gasteiger charge is -2.19. The maximum Gasteiger partial charge on any atom is 0.408 e. The van der Waals surface area contributed by atoms with Crippen molar-refractivity contribution in [1.82, 2.24) is 26.1 Å². The molecule has 1 unspecified atom stereocenters. The van der Waals surface area contributed by atoms with Gasteiger partial charge >= 0.3 is 6.09 Å². The van der Waals surface area contributed by atoms with Crippen LogP contribution in [-0.2, 0) is 14.3 Å². The first kappa shape index (κ1) is 28.3. The molecule has 0 saturated heterocycles. The summed E-state index contributed by atoms with van der Waals surface area (Å²) in [7, 11) is 0. The van der Waals surface area contributed by atoms with Crippen molar-refractivity contribution in [2.45, 2.75) is 52.1 Å². The number of hydrogen-bond acceptors (Lipinski definition) is 6.